The lowest BCUT2D eigenvalue weighted by molar-refractivity contribution is -0.265. The first-order chi connectivity index (χ1) is 12.8. The predicted octanol–water partition coefficient (Wildman–Crippen LogP) is 3.82. The molecule has 0 spiro atoms. The van der Waals surface area contributed by atoms with Crippen molar-refractivity contribution in [3.8, 4) is 0 Å². The van der Waals surface area contributed by atoms with E-state index >= 15 is 0 Å². The summed E-state index contributed by atoms with van der Waals surface area (Å²) in [5.74, 6) is -0.284. The lowest BCUT2D eigenvalue weighted by Crippen LogP contribution is -2.40. The molecule has 1 heterocycles. The van der Waals surface area contributed by atoms with Crippen molar-refractivity contribution < 1.29 is 41.1 Å². The number of carbonyl (C=O) groups excluding carboxylic acids is 1. The Morgan fingerprint density at radius 2 is 1.79 bits per heavy atom. The first-order valence-corrected chi connectivity index (χ1v) is 7.82. The Kier molecular flexibility index (Phi) is 6.43. The average Bonchev–Trinajstić information content (AvgIpc) is 3.04. The zero-order valence-corrected chi connectivity index (χ0v) is 14.8. The highest BCUT2D eigenvalue weighted by molar-refractivity contribution is 6.39. The number of hydrazine groups is 1. The number of nitrogens with one attached hydrogen (secondary N) is 3. The minimum atomic E-state index is -4.95. The minimum Gasteiger partial charge on any atom is -0.390 e. The van der Waals surface area contributed by atoms with Gasteiger partial charge in [0.05, 0.1) is 28.5 Å². The number of anilines is 1. The Morgan fingerprint density at radius 3 is 2.25 bits per heavy atom. The van der Waals surface area contributed by atoms with Crippen LogP contribution in [0.15, 0.2) is 24.1 Å². The Hall–Kier alpha value is -2.09. The lowest BCUT2D eigenvalue weighted by Gasteiger charge is -2.17. The van der Waals surface area contributed by atoms with E-state index in [1.165, 1.54) is 0 Å². The van der Waals surface area contributed by atoms with Crippen LogP contribution < -0.4 is 16.2 Å². The molecule has 4 N–H and O–H groups in total. The van der Waals surface area contributed by atoms with Gasteiger partial charge < -0.3 is 20.6 Å². The Balaban J connectivity index is 2.01. The Labute approximate surface area is 162 Å². The van der Waals surface area contributed by atoms with Gasteiger partial charge in [-0.2, -0.15) is 18.2 Å². The molecule has 1 atom stereocenters. The van der Waals surface area contributed by atoms with Crippen LogP contribution in [0.25, 0.3) is 0 Å². The molecule has 1 aromatic carbocycles. The van der Waals surface area contributed by atoms with E-state index in [4.69, 9.17) is 23.2 Å². The molecule has 1 aliphatic heterocycles. The van der Waals surface area contributed by atoms with Crippen molar-refractivity contribution >= 4 is 34.9 Å². The second-order valence-electron chi connectivity index (χ2n) is 5.24. The van der Waals surface area contributed by atoms with Crippen LogP contribution in [0.2, 0.25) is 10.0 Å². The molecule has 2 rings (SSSR count). The number of hydrogen-bond donors (Lipinski definition) is 4. The number of aliphatic hydroxyl groups excluding tert-OH is 1. The summed E-state index contributed by atoms with van der Waals surface area (Å²) < 4.78 is 74.8. The third-order valence-corrected chi connectivity index (χ3v) is 3.77. The predicted molar refractivity (Wildman–Crippen MR) is 84.7 cm³/mol. The zero-order valence-electron chi connectivity index (χ0n) is 13.3. The van der Waals surface area contributed by atoms with Crippen LogP contribution in [-0.2, 0) is 4.84 Å². The molecule has 28 heavy (non-hydrogen) atoms. The first-order valence-electron chi connectivity index (χ1n) is 7.07. The van der Waals surface area contributed by atoms with Crippen LogP contribution in [0, 0.1) is 0 Å². The van der Waals surface area contributed by atoms with Crippen molar-refractivity contribution in [2.75, 3.05) is 11.9 Å². The molecular weight excluding hydrogens is 445 g/mol. The highest BCUT2D eigenvalue weighted by Gasteiger charge is 2.40. The van der Waals surface area contributed by atoms with E-state index in [-0.39, 0.29) is 16.5 Å². The van der Waals surface area contributed by atoms with Crippen molar-refractivity contribution in [1.82, 2.24) is 15.9 Å². The van der Waals surface area contributed by atoms with Gasteiger partial charge in [0.15, 0.2) is 11.9 Å². The molecule has 0 radical (unpaired) electrons. The smallest absolute Gasteiger partial charge is 0.390 e. The summed E-state index contributed by atoms with van der Waals surface area (Å²) in [6, 6.07) is 0.534. The van der Waals surface area contributed by atoms with E-state index in [1.54, 1.807) is 5.59 Å². The summed E-state index contributed by atoms with van der Waals surface area (Å²) in [6.07, 6.45) is -12.0. The van der Waals surface area contributed by atoms with Gasteiger partial charge >= 0.3 is 18.5 Å². The van der Waals surface area contributed by atoms with E-state index in [9.17, 15) is 36.2 Å². The topological polar surface area (TPSA) is 85.9 Å². The molecule has 0 aromatic heterocycles. The molecule has 1 aliphatic rings. The van der Waals surface area contributed by atoms with Crippen LogP contribution in [0.1, 0.15) is 11.7 Å². The molecule has 2 amide bonds. The molecule has 0 unspecified atom stereocenters. The number of alkyl halides is 6. The molecule has 0 fully saturated rings. The van der Waals surface area contributed by atoms with E-state index in [0.29, 0.717) is 6.20 Å². The number of aliphatic hydroxyl groups is 1. The average molecular weight is 455 g/mol. The molecule has 1 aromatic rings. The van der Waals surface area contributed by atoms with Crippen LogP contribution >= 0.6 is 23.2 Å². The number of rotatable bonds is 4. The second-order valence-corrected chi connectivity index (χ2v) is 6.05. The molecule has 7 nitrogen and oxygen atoms in total. The van der Waals surface area contributed by atoms with Crippen molar-refractivity contribution in [2.45, 2.75) is 18.6 Å². The Bertz CT molecular complexity index is 764. The highest BCUT2D eigenvalue weighted by atomic mass is 35.5. The number of amides is 2. The maximum atomic E-state index is 12.5. The molecular formula is C13H10Cl2F6N4O3. The molecule has 0 aliphatic carbocycles. The first kappa shape index (κ1) is 22.2. The number of nitrogens with zero attached hydrogens (tertiary/aromatic N) is 1. The monoisotopic (exact) mass is 454 g/mol. The zero-order chi connectivity index (χ0) is 21.3. The van der Waals surface area contributed by atoms with E-state index < -0.39 is 46.8 Å². The fourth-order valence-electron chi connectivity index (χ4n) is 1.90. The number of hydrogen-bond acceptors (Lipinski definition) is 5. The lowest BCUT2D eigenvalue weighted by atomic mass is 10.1. The number of urea groups is 1. The van der Waals surface area contributed by atoms with Gasteiger partial charge in [-0.05, 0) is 17.7 Å². The standard InChI is InChI=1S/C13H10Cl2F6N4O3/c14-7-1-5(10(26)12(16,17)18)2-8(15)9(7)23-11(27)22-3-6-4-25(24-28-6)13(19,20)21/h1-2,4,10,24,26H,3H2,(H2,22,23,27)/t10-/m0/s1. The van der Waals surface area contributed by atoms with Gasteiger partial charge in [-0.3, -0.25) is 0 Å². The van der Waals surface area contributed by atoms with Gasteiger partial charge in [-0.25, -0.2) is 4.79 Å². The van der Waals surface area contributed by atoms with Crippen LogP contribution in [-0.4, -0.2) is 35.2 Å². The van der Waals surface area contributed by atoms with E-state index in [1.807, 2.05) is 0 Å². The number of carbonyl (C=O) groups is 1. The minimum absolute atomic E-state index is 0.268. The normalized spacial score (nSPS) is 15.8. The maximum Gasteiger partial charge on any atom is 0.501 e. The molecule has 15 heteroatoms. The summed E-state index contributed by atoms with van der Waals surface area (Å²) in [4.78, 5) is 16.3. The Morgan fingerprint density at radius 1 is 1.21 bits per heavy atom. The summed E-state index contributed by atoms with van der Waals surface area (Å²) in [7, 11) is 0. The maximum absolute atomic E-state index is 12.5. The third kappa shape index (κ3) is 5.47. The number of benzene rings is 1. The van der Waals surface area contributed by atoms with Crippen LogP contribution in [0.5, 0.6) is 0 Å². The van der Waals surface area contributed by atoms with E-state index in [0.717, 1.165) is 12.1 Å². The summed E-state index contributed by atoms with van der Waals surface area (Å²) in [5.41, 5.74) is 0.643. The van der Waals surface area contributed by atoms with Gasteiger partial charge in [0, 0.05) is 0 Å². The van der Waals surface area contributed by atoms with Gasteiger partial charge in [0.25, 0.3) is 0 Å². The van der Waals surface area contributed by atoms with Gasteiger partial charge in [-0.1, -0.05) is 28.8 Å². The van der Waals surface area contributed by atoms with Crippen molar-refractivity contribution in [1.29, 1.82) is 0 Å². The summed E-state index contributed by atoms with van der Waals surface area (Å²) >= 11 is 11.6. The van der Waals surface area contributed by atoms with Crippen molar-refractivity contribution in [3.05, 3.63) is 39.7 Å². The second kappa shape index (κ2) is 8.11. The summed E-state index contributed by atoms with van der Waals surface area (Å²) in [5, 5.41) is 12.4. The van der Waals surface area contributed by atoms with Crippen molar-refractivity contribution in [3.63, 3.8) is 0 Å². The highest BCUT2D eigenvalue weighted by Crippen LogP contribution is 2.38. The largest absolute Gasteiger partial charge is 0.501 e. The van der Waals surface area contributed by atoms with E-state index in [2.05, 4.69) is 15.5 Å². The summed E-state index contributed by atoms with van der Waals surface area (Å²) in [6.45, 7) is -0.467. The molecule has 0 bridgehead atoms. The number of halogens is 8. The fraction of sp³-hybridized carbons (Fsp3) is 0.308. The van der Waals surface area contributed by atoms with Crippen LogP contribution in [0.4, 0.5) is 36.8 Å². The fourth-order valence-corrected chi connectivity index (χ4v) is 2.49. The van der Waals surface area contributed by atoms with Crippen molar-refractivity contribution in [2.24, 2.45) is 0 Å². The molecule has 0 saturated carbocycles. The van der Waals surface area contributed by atoms with Crippen LogP contribution in [0.3, 0.4) is 0 Å². The van der Waals surface area contributed by atoms with Gasteiger partial charge in [0.1, 0.15) is 0 Å². The van der Waals surface area contributed by atoms with Gasteiger partial charge in [0.2, 0.25) is 0 Å². The van der Waals surface area contributed by atoms with Gasteiger partial charge in [-0.15, -0.1) is 13.2 Å². The quantitative estimate of drug-likeness (QED) is 0.410. The molecule has 156 valence electrons. The third-order valence-electron chi connectivity index (χ3n) is 3.17. The molecule has 0 saturated heterocycles. The SMILES string of the molecule is O=C(NCC1=CN(C(F)(F)F)NO1)Nc1c(Cl)cc([C@H](O)C(F)(F)F)cc1Cl.